The summed E-state index contributed by atoms with van der Waals surface area (Å²) in [4.78, 5) is 16.7. The lowest BCUT2D eigenvalue weighted by Gasteiger charge is -2.28. The van der Waals surface area contributed by atoms with Gasteiger partial charge in [-0.1, -0.05) is 60.3 Å². The maximum absolute atomic E-state index is 12.3. The van der Waals surface area contributed by atoms with E-state index >= 15 is 0 Å². The zero-order valence-corrected chi connectivity index (χ0v) is 12.9. The summed E-state index contributed by atoms with van der Waals surface area (Å²) in [5, 5.41) is 14.0. The highest BCUT2D eigenvalue weighted by Gasteiger charge is 2.44. The first-order chi connectivity index (χ1) is 10.6. The third-order valence-corrected chi connectivity index (χ3v) is 4.59. The summed E-state index contributed by atoms with van der Waals surface area (Å²) in [6.45, 7) is 1.83. The van der Waals surface area contributed by atoms with Gasteiger partial charge in [0.1, 0.15) is 5.37 Å². The smallest absolute Gasteiger partial charge is 0.252 e. The number of hydrogen-bond donors (Lipinski definition) is 2. The molecule has 2 N–H and O–H groups in total. The van der Waals surface area contributed by atoms with Crippen LogP contribution in [0.5, 0.6) is 0 Å². The van der Waals surface area contributed by atoms with Crippen LogP contribution in [-0.2, 0) is 5.72 Å². The molecule has 22 heavy (non-hydrogen) atoms. The summed E-state index contributed by atoms with van der Waals surface area (Å²) in [5.74, 6) is -0.225. The van der Waals surface area contributed by atoms with Crippen LogP contribution in [0.4, 0.5) is 0 Å². The Labute approximate surface area is 133 Å². The molecule has 0 spiro atoms. The first-order valence-corrected chi connectivity index (χ1v) is 7.84. The van der Waals surface area contributed by atoms with Crippen molar-refractivity contribution in [3.05, 3.63) is 71.8 Å². The Kier molecular flexibility index (Phi) is 4.00. The highest BCUT2D eigenvalue weighted by Crippen LogP contribution is 2.39. The molecule has 0 saturated carbocycles. The molecule has 1 amide bonds. The van der Waals surface area contributed by atoms with Gasteiger partial charge in [0.15, 0.2) is 0 Å². The molecular formula is C17H16N2O2S. The molecule has 5 heteroatoms. The average Bonchev–Trinajstić information content (AvgIpc) is 2.84. The van der Waals surface area contributed by atoms with Gasteiger partial charge in [0, 0.05) is 11.1 Å². The molecule has 1 aliphatic heterocycles. The van der Waals surface area contributed by atoms with Gasteiger partial charge < -0.3 is 10.4 Å². The molecule has 2 atom stereocenters. The Hall–Kier alpha value is -2.11. The SMILES string of the molecule is CC1=N[C@](O)(c2ccccc2)[C@H](NC(=O)c2ccccc2)S1. The number of rotatable bonds is 3. The Morgan fingerprint density at radius 2 is 1.73 bits per heavy atom. The molecule has 0 aromatic heterocycles. The molecule has 0 radical (unpaired) electrons. The fraction of sp³-hybridized carbons (Fsp3) is 0.176. The fourth-order valence-electron chi connectivity index (χ4n) is 2.40. The van der Waals surface area contributed by atoms with Gasteiger partial charge in [0.05, 0.1) is 5.04 Å². The highest BCUT2D eigenvalue weighted by molar-refractivity contribution is 8.14. The number of aliphatic imine (C=N–C) groups is 1. The largest absolute Gasteiger partial charge is 0.363 e. The molecule has 0 aliphatic carbocycles. The number of carbonyl (C=O) groups is 1. The molecule has 0 unspecified atom stereocenters. The lowest BCUT2D eigenvalue weighted by atomic mass is 10.0. The predicted octanol–water partition coefficient (Wildman–Crippen LogP) is 2.75. The van der Waals surface area contributed by atoms with Crippen molar-refractivity contribution in [3.8, 4) is 0 Å². The fourth-order valence-corrected chi connectivity index (χ4v) is 3.45. The number of nitrogens with zero attached hydrogens (tertiary/aromatic N) is 1. The molecule has 0 bridgehead atoms. The molecule has 2 aromatic carbocycles. The van der Waals surface area contributed by atoms with Crippen molar-refractivity contribution in [2.45, 2.75) is 18.0 Å². The van der Waals surface area contributed by atoms with E-state index in [4.69, 9.17) is 0 Å². The number of nitrogens with one attached hydrogen (secondary N) is 1. The van der Waals surface area contributed by atoms with Crippen LogP contribution in [0, 0.1) is 0 Å². The standard InChI is InChI=1S/C17H16N2O2S/c1-12-19-17(21,14-10-6-3-7-11-14)16(22-12)18-15(20)13-8-4-2-5-9-13/h2-11,16,21H,1H3,(H,18,20)/t16-,17+/m1/s1. The van der Waals surface area contributed by atoms with E-state index in [9.17, 15) is 9.90 Å². The number of thioether (sulfide) groups is 1. The zero-order chi connectivity index (χ0) is 15.6. The van der Waals surface area contributed by atoms with Crippen LogP contribution in [0.3, 0.4) is 0 Å². The minimum absolute atomic E-state index is 0.225. The average molecular weight is 312 g/mol. The second kappa shape index (κ2) is 5.94. The van der Waals surface area contributed by atoms with E-state index in [1.165, 1.54) is 11.8 Å². The van der Waals surface area contributed by atoms with Crippen LogP contribution in [0.25, 0.3) is 0 Å². The van der Waals surface area contributed by atoms with Crippen LogP contribution in [0.2, 0.25) is 0 Å². The first kappa shape index (κ1) is 14.8. The maximum atomic E-state index is 12.3. The predicted molar refractivity (Wildman–Crippen MR) is 88.7 cm³/mol. The van der Waals surface area contributed by atoms with Crippen molar-refractivity contribution in [2.24, 2.45) is 4.99 Å². The number of hydrogen-bond acceptors (Lipinski definition) is 4. The summed E-state index contributed by atoms with van der Waals surface area (Å²) < 4.78 is 0. The topological polar surface area (TPSA) is 61.7 Å². The molecule has 1 aliphatic rings. The Balaban J connectivity index is 1.86. The van der Waals surface area contributed by atoms with E-state index in [1.807, 2.05) is 55.5 Å². The Bertz CT molecular complexity index is 703. The zero-order valence-electron chi connectivity index (χ0n) is 12.1. The van der Waals surface area contributed by atoms with Crippen molar-refractivity contribution < 1.29 is 9.90 Å². The summed E-state index contributed by atoms with van der Waals surface area (Å²) in [7, 11) is 0. The van der Waals surface area contributed by atoms with Gasteiger partial charge in [-0.25, -0.2) is 4.99 Å². The monoisotopic (exact) mass is 312 g/mol. The van der Waals surface area contributed by atoms with Crippen molar-refractivity contribution in [3.63, 3.8) is 0 Å². The Morgan fingerprint density at radius 1 is 1.14 bits per heavy atom. The van der Waals surface area contributed by atoms with Gasteiger partial charge in [-0.2, -0.15) is 0 Å². The number of aliphatic hydroxyl groups is 1. The van der Waals surface area contributed by atoms with Crippen LogP contribution < -0.4 is 5.32 Å². The molecular weight excluding hydrogens is 296 g/mol. The third-order valence-electron chi connectivity index (χ3n) is 3.48. The Morgan fingerprint density at radius 3 is 2.36 bits per heavy atom. The van der Waals surface area contributed by atoms with Crippen molar-refractivity contribution >= 4 is 22.7 Å². The van der Waals surface area contributed by atoms with Crippen LogP contribution >= 0.6 is 11.8 Å². The summed E-state index contributed by atoms with van der Waals surface area (Å²) in [5.41, 5.74) is -0.221. The summed E-state index contributed by atoms with van der Waals surface area (Å²) in [6, 6.07) is 18.1. The van der Waals surface area contributed by atoms with Crippen molar-refractivity contribution in [1.29, 1.82) is 0 Å². The first-order valence-electron chi connectivity index (χ1n) is 6.96. The van der Waals surface area contributed by atoms with E-state index in [0.29, 0.717) is 11.1 Å². The van der Waals surface area contributed by atoms with Crippen LogP contribution in [0.15, 0.2) is 65.7 Å². The number of amides is 1. The molecule has 0 fully saturated rings. The van der Waals surface area contributed by atoms with E-state index in [2.05, 4.69) is 10.3 Å². The lowest BCUT2D eigenvalue weighted by molar-refractivity contribution is 0.0361. The van der Waals surface area contributed by atoms with Gasteiger partial charge in [-0.05, 0) is 19.1 Å². The maximum Gasteiger partial charge on any atom is 0.252 e. The number of carbonyl (C=O) groups excluding carboxylic acids is 1. The minimum atomic E-state index is -1.44. The van der Waals surface area contributed by atoms with Gasteiger partial charge in [-0.15, -0.1) is 0 Å². The van der Waals surface area contributed by atoms with Crippen LogP contribution in [0.1, 0.15) is 22.8 Å². The summed E-state index contributed by atoms with van der Waals surface area (Å²) in [6.07, 6.45) is 0. The third kappa shape index (κ3) is 2.77. The molecule has 2 aromatic rings. The molecule has 0 saturated heterocycles. The molecule has 112 valence electrons. The second-order valence-corrected chi connectivity index (χ2v) is 6.36. The number of benzene rings is 2. The minimum Gasteiger partial charge on any atom is -0.363 e. The van der Waals surface area contributed by atoms with Crippen molar-refractivity contribution in [2.75, 3.05) is 0 Å². The molecule has 4 nitrogen and oxygen atoms in total. The molecule has 1 heterocycles. The highest BCUT2D eigenvalue weighted by atomic mass is 32.2. The van der Waals surface area contributed by atoms with Crippen LogP contribution in [-0.4, -0.2) is 21.4 Å². The van der Waals surface area contributed by atoms with Gasteiger partial charge in [0.2, 0.25) is 5.72 Å². The quantitative estimate of drug-likeness (QED) is 0.916. The molecule has 3 rings (SSSR count). The van der Waals surface area contributed by atoms with Gasteiger partial charge >= 0.3 is 0 Å². The van der Waals surface area contributed by atoms with E-state index < -0.39 is 11.1 Å². The second-order valence-electron chi connectivity index (χ2n) is 5.06. The van der Waals surface area contributed by atoms with Gasteiger partial charge in [0.25, 0.3) is 5.91 Å². The van der Waals surface area contributed by atoms with E-state index in [-0.39, 0.29) is 5.91 Å². The van der Waals surface area contributed by atoms with E-state index in [1.54, 1.807) is 12.1 Å². The normalized spacial score (nSPS) is 23.9. The lowest BCUT2D eigenvalue weighted by Crippen LogP contribution is -2.45. The van der Waals surface area contributed by atoms with Crippen molar-refractivity contribution in [1.82, 2.24) is 5.32 Å². The summed E-state index contributed by atoms with van der Waals surface area (Å²) >= 11 is 1.36. The van der Waals surface area contributed by atoms with E-state index in [0.717, 1.165) is 5.04 Å². The van der Waals surface area contributed by atoms with Gasteiger partial charge in [-0.3, -0.25) is 4.79 Å².